The molecule has 0 bridgehead atoms. The minimum absolute atomic E-state index is 0.639. The van der Waals surface area contributed by atoms with Crippen LogP contribution in [0.2, 0.25) is 15.1 Å². The summed E-state index contributed by atoms with van der Waals surface area (Å²) in [6.45, 7) is 0.797. The maximum absolute atomic E-state index is 6.26. The van der Waals surface area contributed by atoms with Crippen LogP contribution in [0.1, 0.15) is 18.4 Å². The maximum Gasteiger partial charge on any atom is 0.0451 e. The molecule has 20 heavy (non-hydrogen) atoms. The molecule has 0 radical (unpaired) electrons. The lowest BCUT2D eigenvalue weighted by atomic mass is 10.0. The summed E-state index contributed by atoms with van der Waals surface area (Å²) in [4.78, 5) is 0. The molecule has 1 saturated carbocycles. The summed E-state index contributed by atoms with van der Waals surface area (Å²) < 4.78 is 0. The summed E-state index contributed by atoms with van der Waals surface area (Å²) in [5, 5.41) is 5.54. The van der Waals surface area contributed by atoms with Crippen LogP contribution in [-0.4, -0.2) is 6.04 Å². The summed E-state index contributed by atoms with van der Waals surface area (Å²) >= 11 is 18.4. The molecule has 1 fully saturated rings. The molecule has 3 rings (SSSR count). The highest BCUT2D eigenvalue weighted by Gasteiger charge is 2.20. The molecule has 2 aromatic rings. The zero-order chi connectivity index (χ0) is 14.1. The summed E-state index contributed by atoms with van der Waals surface area (Å²) in [6.07, 6.45) is 2.53. The summed E-state index contributed by atoms with van der Waals surface area (Å²) in [5.74, 6) is 0. The van der Waals surface area contributed by atoms with E-state index in [0.29, 0.717) is 16.1 Å². The van der Waals surface area contributed by atoms with E-state index in [1.807, 2.05) is 24.3 Å². The van der Waals surface area contributed by atoms with Crippen molar-refractivity contribution < 1.29 is 0 Å². The fraction of sp³-hybridized carbons (Fsp3) is 0.250. The Kier molecular flexibility index (Phi) is 4.23. The van der Waals surface area contributed by atoms with Crippen molar-refractivity contribution in [2.45, 2.75) is 25.4 Å². The van der Waals surface area contributed by atoms with Crippen molar-refractivity contribution in [2.24, 2.45) is 0 Å². The molecule has 1 aliphatic carbocycles. The monoisotopic (exact) mass is 325 g/mol. The molecule has 1 nitrogen and oxygen atoms in total. The molecule has 0 heterocycles. The van der Waals surface area contributed by atoms with Gasteiger partial charge in [-0.2, -0.15) is 0 Å². The molecule has 0 aromatic heterocycles. The molecular weight excluding hydrogens is 313 g/mol. The number of rotatable bonds is 4. The largest absolute Gasteiger partial charge is 0.310 e. The zero-order valence-corrected chi connectivity index (χ0v) is 13.1. The van der Waals surface area contributed by atoms with Gasteiger partial charge in [0, 0.05) is 27.7 Å². The lowest BCUT2D eigenvalue weighted by Crippen LogP contribution is -2.15. The molecule has 0 aliphatic heterocycles. The Bertz CT molecular complexity index is 615. The number of halogens is 3. The van der Waals surface area contributed by atoms with Crippen molar-refractivity contribution in [3.63, 3.8) is 0 Å². The third-order valence-electron chi connectivity index (χ3n) is 3.40. The first-order valence-corrected chi connectivity index (χ1v) is 7.73. The van der Waals surface area contributed by atoms with Crippen LogP contribution in [0.3, 0.4) is 0 Å². The van der Waals surface area contributed by atoms with Crippen molar-refractivity contribution in [3.8, 4) is 11.1 Å². The molecule has 0 spiro atoms. The van der Waals surface area contributed by atoms with Gasteiger partial charge in [0.15, 0.2) is 0 Å². The van der Waals surface area contributed by atoms with Crippen LogP contribution < -0.4 is 5.32 Å². The van der Waals surface area contributed by atoms with E-state index >= 15 is 0 Å². The topological polar surface area (TPSA) is 12.0 Å². The van der Waals surface area contributed by atoms with Crippen LogP contribution >= 0.6 is 34.8 Å². The third kappa shape index (κ3) is 3.48. The third-order valence-corrected chi connectivity index (χ3v) is 4.21. The van der Waals surface area contributed by atoms with E-state index in [1.165, 1.54) is 12.8 Å². The molecule has 0 amide bonds. The van der Waals surface area contributed by atoms with E-state index in [1.54, 1.807) is 6.07 Å². The smallest absolute Gasteiger partial charge is 0.0451 e. The van der Waals surface area contributed by atoms with Gasteiger partial charge < -0.3 is 5.32 Å². The first-order chi connectivity index (χ1) is 9.61. The van der Waals surface area contributed by atoms with Gasteiger partial charge in [0.25, 0.3) is 0 Å². The summed E-state index contributed by atoms with van der Waals surface area (Å²) in [7, 11) is 0. The molecular formula is C16H14Cl3N. The first kappa shape index (κ1) is 14.2. The van der Waals surface area contributed by atoms with Crippen molar-refractivity contribution in [3.05, 3.63) is 57.0 Å². The Labute approximate surface area is 133 Å². The molecule has 104 valence electrons. The van der Waals surface area contributed by atoms with Gasteiger partial charge in [0.05, 0.1) is 0 Å². The van der Waals surface area contributed by atoms with E-state index in [4.69, 9.17) is 34.8 Å². The summed E-state index contributed by atoms with van der Waals surface area (Å²) in [5.41, 5.74) is 3.19. The van der Waals surface area contributed by atoms with Gasteiger partial charge in [-0.3, -0.25) is 0 Å². The van der Waals surface area contributed by atoms with E-state index in [0.717, 1.165) is 28.3 Å². The van der Waals surface area contributed by atoms with Crippen LogP contribution in [0.25, 0.3) is 11.1 Å². The Hall–Kier alpha value is -0.730. The average Bonchev–Trinajstić information content (AvgIpc) is 3.20. The highest BCUT2D eigenvalue weighted by molar-refractivity contribution is 6.35. The average molecular weight is 327 g/mol. The Morgan fingerprint density at radius 3 is 2.25 bits per heavy atom. The van der Waals surface area contributed by atoms with Gasteiger partial charge in [0.2, 0.25) is 0 Å². The molecule has 0 saturated heterocycles. The highest BCUT2D eigenvalue weighted by atomic mass is 35.5. The molecule has 4 heteroatoms. The minimum Gasteiger partial charge on any atom is -0.310 e. The second-order valence-corrected chi connectivity index (χ2v) is 6.40. The Balaban J connectivity index is 1.90. The fourth-order valence-corrected chi connectivity index (χ4v) is 2.86. The van der Waals surface area contributed by atoms with Crippen molar-refractivity contribution in [2.75, 3.05) is 0 Å². The highest BCUT2D eigenvalue weighted by Crippen LogP contribution is 2.30. The van der Waals surface area contributed by atoms with Crippen LogP contribution in [0.15, 0.2) is 36.4 Å². The van der Waals surface area contributed by atoms with Crippen molar-refractivity contribution >= 4 is 34.8 Å². The Morgan fingerprint density at radius 2 is 1.60 bits per heavy atom. The number of benzene rings is 2. The zero-order valence-electron chi connectivity index (χ0n) is 10.8. The molecule has 1 N–H and O–H groups in total. The van der Waals surface area contributed by atoms with E-state index in [2.05, 4.69) is 11.4 Å². The Morgan fingerprint density at radius 1 is 0.900 bits per heavy atom. The minimum atomic E-state index is 0.639. The van der Waals surface area contributed by atoms with Crippen molar-refractivity contribution in [1.29, 1.82) is 0 Å². The first-order valence-electron chi connectivity index (χ1n) is 6.60. The predicted octanol–water partition coefficient (Wildman–Crippen LogP) is 5.57. The molecule has 0 atom stereocenters. The SMILES string of the molecule is Clc1cc(Cl)cc(-c2ccc(Cl)c(CNC3CC3)c2)c1. The fourth-order valence-electron chi connectivity index (χ4n) is 2.15. The quantitative estimate of drug-likeness (QED) is 0.775. The molecule has 0 unspecified atom stereocenters. The van der Waals surface area contributed by atoms with Crippen LogP contribution in [0.5, 0.6) is 0 Å². The second kappa shape index (κ2) is 5.95. The number of nitrogens with one attached hydrogen (secondary N) is 1. The number of hydrogen-bond donors (Lipinski definition) is 1. The van der Waals surface area contributed by atoms with Gasteiger partial charge in [-0.05, 0) is 59.9 Å². The lowest BCUT2D eigenvalue weighted by molar-refractivity contribution is 0.688. The lowest BCUT2D eigenvalue weighted by Gasteiger charge is -2.09. The van der Waals surface area contributed by atoms with Gasteiger partial charge in [-0.15, -0.1) is 0 Å². The van der Waals surface area contributed by atoms with Gasteiger partial charge >= 0.3 is 0 Å². The standard InChI is InChI=1S/C16H14Cl3N/c17-13-6-11(7-14(18)8-13)10-1-4-16(19)12(5-10)9-20-15-2-3-15/h1,4-8,15,20H,2-3,9H2. The maximum atomic E-state index is 6.26. The predicted molar refractivity (Wildman–Crippen MR) is 86.8 cm³/mol. The molecule has 1 aliphatic rings. The second-order valence-electron chi connectivity index (χ2n) is 5.12. The van der Waals surface area contributed by atoms with Gasteiger partial charge in [-0.1, -0.05) is 40.9 Å². The van der Waals surface area contributed by atoms with Crippen LogP contribution in [0, 0.1) is 0 Å². The van der Waals surface area contributed by atoms with Gasteiger partial charge in [-0.25, -0.2) is 0 Å². The summed E-state index contributed by atoms with van der Waals surface area (Å²) in [6, 6.07) is 12.2. The van der Waals surface area contributed by atoms with E-state index in [-0.39, 0.29) is 0 Å². The van der Waals surface area contributed by atoms with Gasteiger partial charge in [0.1, 0.15) is 0 Å². The van der Waals surface area contributed by atoms with Crippen LogP contribution in [-0.2, 0) is 6.54 Å². The van der Waals surface area contributed by atoms with E-state index < -0.39 is 0 Å². The normalized spacial score (nSPS) is 14.6. The van der Waals surface area contributed by atoms with Crippen LogP contribution in [0.4, 0.5) is 0 Å². The number of hydrogen-bond acceptors (Lipinski definition) is 1. The van der Waals surface area contributed by atoms with Crippen molar-refractivity contribution in [1.82, 2.24) is 5.32 Å². The van der Waals surface area contributed by atoms with E-state index in [9.17, 15) is 0 Å². The molecule has 2 aromatic carbocycles.